The molecule has 0 unspecified atom stereocenters. The summed E-state index contributed by atoms with van der Waals surface area (Å²) in [6, 6.07) is 4.34. The van der Waals surface area contributed by atoms with E-state index in [9.17, 15) is 14.4 Å². The van der Waals surface area contributed by atoms with E-state index in [-0.39, 0.29) is 5.92 Å². The molecule has 1 rings (SSSR count). The van der Waals surface area contributed by atoms with E-state index < -0.39 is 23.9 Å². The topological polar surface area (TPSA) is 122 Å². The highest BCUT2D eigenvalue weighted by molar-refractivity contribution is 5.95. The van der Waals surface area contributed by atoms with Crippen LogP contribution in [0.2, 0.25) is 0 Å². The molecule has 0 aliphatic carbocycles. The van der Waals surface area contributed by atoms with Crippen molar-refractivity contribution in [3.05, 3.63) is 29.8 Å². The molecule has 7 nitrogen and oxygen atoms in total. The molecular weight excluding hydrogens is 262 g/mol. The van der Waals surface area contributed by atoms with Gasteiger partial charge in [-0.05, 0) is 30.2 Å². The number of nitrogens with two attached hydrogens (primary N) is 1. The number of rotatable bonds is 5. The maximum absolute atomic E-state index is 11.7. The molecule has 0 bridgehead atoms. The smallest absolute Gasteiger partial charge is 0.326 e. The molecule has 20 heavy (non-hydrogen) atoms. The maximum atomic E-state index is 11.7. The molecule has 108 valence electrons. The van der Waals surface area contributed by atoms with Crippen LogP contribution in [-0.4, -0.2) is 29.1 Å². The van der Waals surface area contributed by atoms with E-state index in [1.54, 1.807) is 13.8 Å². The first-order valence-corrected chi connectivity index (χ1v) is 6.01. The second-order valence-corrected chi connectivity index (χ2v) is 4.60. The largest absolute Gasteiger partial charge is 0.480 e. The third-order valence-electron chi connectivity index (χ3n) is 2.65. The fourth-order valence-corrected chi connectivity index (χ4v) is 1.54. The highest BCUT2D eigenvalue weighted by atomic mass is 16.4. The van der Waals surface area contributed by atoms with Gasteiger partial charge in [-0.2, -0.15) is 0 Å². The highest BCUT2D eigenvalue weighted by Gasteiger charge is 2.23. The zero-order chi connectivity index (χ0) is 15.3. The number of carboxylic acids is 1. The molecule has 7 heteroatoms. The summed E-state index contributed by atoms with van der Waals surface area (Å²) in [7, 11) is 0. The Hall–Kier alpha value is -2.57. The normalized spacial score (nSPS) is 11.8. The third kappa shape index (κ3) is 4.27. The first-order chi connectivity index (χ1) is 9.31. The van der Waals surface area contributed by atoms with Gasteiger partial charge in [-0.25, -0.2) is 9.59 Å². The van der Waals surface area contributed by atoms with Gasteiger partial charge < -0.3 is 21.5 Å². The Bertz CT molecular complexity index is 511. The van der Waals surface area contributed by atoms with Crippen molar-refractivity contribution in [3.8, 4) is 0 Å². The van der Waals surface area contributed by atoms with Crippen molar-refractivity contribution in [3.63, 3.8) is 0 Å². The standard InChI is InChI=1S/C13H17N3O4/c1-7(2)10(12(18)19)16-13(20)15-9-5-3-8(4-6-9)11(14)17/h3-7,10H,1-2H3,(H2,14,17)(H,18,19)(H2,15,16,20)/t10-/m1/s1. The lowest BCUT2D eigenvalue weighted by Gasteiger charge is -2.18. The average molecular weight is 279 g/mol. The van der Waals surface area contributed by atoms with Gasteiger partial charge in [0.25, 0.3) is 0 Å². The van der Waals surface area contributed by atoms with Crippen LogP contribution in [0.3, 0.4) is 0 Å². The number of carbonyl (C=O) groups excluding carboxylic acids is 2. The number of carbonyl (C=O) groups is 3. The molecule has 0 heterocycles. The molecule has 5 N–H and O–H groups in total. The molecule has 0 aliphatic heterocycles. The van der Waals surface area contributed by atoms with Gasteiger partial charge in [0.1, 0.15) is 6.04 Å². The van der Waals surface area contributed by atoms with Crippen LogP contribution in [0.25, 0.3) is 0 Å². The highest BCUT2D eigenvalue weighted by Crippen LogP contribution is 2.09. The number of carboxylic acid groups (broad SMARTS) is 1. The number of amides is 3. The van der Waals surface area contributed by atoms with Crippen molar-refractivity contribution in [1.82, 2.24) is 5.32 Å². The first-order valence-electron chi connectivity index (χ1n) is 6.01. The van der Waals surface area contributed by atoms with E-state index in [2.05, 4.69) is 10.6 Å². The summed E-state index contributed by atoms with van der Waals surface area (Å²) in [6.07, 6.45) is 0. The number of hydrogen-bond acceptors (Lipinski definition) is 3. The molecule has 0 fully saturated rings. The quantitative estimate of drug-likeness (QED) is 0.642. The summed E-state index contributed by atoms with van der Waals surface area (Å²) < 4.78 is 0. The maximum Gasteiger partial charge on any atom is 0.326 e. The Labute approximate surface area is 116 Å². The van der Waals surface area contributed by atoms with Gasteiger partial charge in [0.15, 0.2) is 0 Å². The number of primary amides is 1. The van der Waals surface area contributed by atoms with Crippen molar-refractivity contribution in [2.75, 3.05) is 5.32 Å². The van der Waals surface area contributed by atoms with Crippen molar-refractivity contribution in [1.29, 1.82) is 0 Å². The van der Waals surface area contributed by atoms with E-state index >= 15 is 0 Å². The molecule has 1 atom stereocenters. The van der Waals surface area contributed by atoms with E-state index in [0.29, 0.717) is 11.3 Å². The second kappa shape index (κ2) is 6.55. The van der Waals surface area contributed by atoms with Crippen LogP contribution in [0.1, 0.15) is 24.2 Å². The minimum absolute atomic E-state index is 0.240. The first kappa shape index (κ1) is 15.5. The Kier molecular flexibility index (Phi) is 5.08. The SMILES string of the molecule is CC(C)[C@@H](NC(=O)Nc1ccc(C(N)=O)cc1)C(=O)O. The zero-order valence-electron chi connectivity index (χ0n) is 11.2. The molecule has 0 saturated carbocycles. The molecule has 0 aliphatic rings. The Morgan fingerprint density at radius 3 is 2.10 bits per heavy atom. The van der Waals surface area contributed by atoms with Gasteiger partial charge in [0.05, 0.1) is 0 Å². The Balaban J connectivity index is 2.66. The van der Waals surface area contributed by atoms with Crippen LogP contribution < -0.4 is 16.4 Å². The molecule has 0 radical (unpaired) electrons. The van der Waals surface area contributed by atoms with E-state index in [1.807, 2.05) is 0 Å². The van der Waals surface area contributed by atoms with Crippen LogP contribution in [0.15, 0.2) is 24.3 Å². The Morgan fingerprint density at radius 2 is 1.70 bits per heavy atom. The van der Waals surface area contributed by atoms with Crippen LogP contribution in [0.4, 0.5) is 10.5 Å². The van der Waals surface area contributed by atoms with Crippen molar-refractivity contribution in [2.24, 2.45) is 11.7 Å². The minimum Gasteiger partial charge on any atom is -0.480 e. The fraction of sp³-hybridized carbons (Fsp3) is 0.308. The lowest BCUT2D eigenvalue weighted by atomic mass is 10.1. The number of anilines is 1. The minimum atomic E-state index is -1.10. The summed E-state index contributed by atoms with van der Waals surface area (Å²) in [5.41, 5.74) is 5.85. The summed E-state index contributed by atoms with van der Waals surface area (Å²) in [4.78, 5) is 33.5. The van der Waals surface area contributed by atoms with Gasteiger partial charge in [0.2, 0.25) is 5.91 Å². The number of benzene rings is 1. The van der Waals surface area contributed by atoms with Gasteiger partial charge in [-0.3, -0.25) is 4.79 Å². The lowest BCUT2D eigenvalue weighted by molar-refractivity contribution is -0.140. The van der Waals surface area contributed by atoms with Gasteiger partial charge >= 0.3 is 12.0 Å². The summed E-state index contributed by atoms with van der Waals surface area (Å²) >= 11 is 0. The summed E-state index contributed by atoms with van der Waals surface area (Å²) in [5, 5.41) is 13.8. The molecular formula is C13H17N3O4. The van der Waals surface area contributed by atoms with Gasteiger partial charge in [0, 0.05) is 11.3 Å². The van der Waals surface area contributed by atoms with E-state index in [4.69, 9.17) is 10.8 Å². The van der Waals surface area contributed by atoms with Gasteiger partial charge in [-0.1, -0.05) is 13.8 Å². The zero-order valence-corrected chi connectivity index (χ0v) is 11.2. The Morgan fingerprint density at radius 1 is 1.15 bits per heavy atom. The van der Waals surface area contributed by atoms with E-state index in [1.165, 1.54) is 24.3 Å². The van der Waals surface area contributed by atoms with Crippen LogP contribution in [-0.2, 0) is 4.79 Å². The van der Waals surface area contributed by atoms with Crippen molar-refractivity contribution < 1.29 is 19.5 Å². The predicted octanol–water partition coefficient (Wildman–Crippen LogP) is 1.02. The molecule has 0 aromatic heterocycles. The number of nitrogens with one attached hydrogen (secondary N) is 2. The van der Waals surface area contributed by atoms with Gasteiger partial charge in [-0.15, -0.1) is 0 Å². The predicted molar refractivity (Wildman–Crippen MR) is 73.4 cm³/mol. The number of aliphatic carboxylic acids is 1. The summed E-state index contributed by atoms with van der Waals surface area (Å²) in [6.45, 7) is 3.39. The van der Waals surface area contributed by atoms with Crippen molar-refractivity contribution >= 4 is 23.6 Å². The summed E-state index contributed by atoms with van der Waals surface area (Å²) in [5.74, 6) is -1.90. The molecule has 1 aromatic carbocycles. The van der Waals surface area contributed by atoms with Crippen molar-refractivity contribution in [2.45, 2.75) is 19.9 Å². The monoisotopic (exact) mass is 279 g/mol. The van der Waals surface area contributed by atoms with Crippen LogP contribution in [0, 0.1) is 5.92 Å². The third-order valence-corrected chi connectivity index (χ3v) is 2.65. The number of urea groups is 1. The fourth-order valence-electron chi connectivity index (χ4n) is 1.54. The van der Waals surface area contributed by atoms with E-state index in [0.717, 1.165) is 0 Å². The lowest BCUT2D eigenvalue weighted by Crippen LogP contribution is -2.46. The number of hydrogen-bond donors (Lipinski definition) is 4. The van der Waals surface area contributed by atoms with Crippen LogP contribution in [0.5, 0.6) is 0 Å². The second-order valence-electron chi connectivity index (χ2n) is 4.60. The molecule has 3 amide bonds. The molecule has 0 spiro atoms. The average Bonchev–Trinajstić information content (AvgIpc) is 2.35. The van der Waals surface area contributed by atoms with Crippen LogP contribution >= 0.6 is 0 Å². The molecule has 1 aromatic rings. The molecule has 0 saturated heterocycles.